The molecule has 21 heavy (non-hydrogen) atoms. The summed E-state index contributed by atoms with van der Waals surface area (Å²) in [6.45, 7) is 2.91. The normalized spacial score (nSPS) is 18.0. The number of fused-ring (bicyclic) bond motifs is 3. The topological polar surface area (TPSA) is 40.7 Å². The summed E-state index contributed by atoms with van der Waals surface area (Å²) in [7, 11) is 0. The van der Waals surface area contributed by atoms with E-state index < -0.39 is 0 Å². The Labute approximate surface area is 128 Å². The second-order valence-corrected chi connectivity index (χ2v) is 6.71. The van der Waals surface area contributed by atoms with Crippen molar-refractivity contribution in [1.29, 1.82) is 0 Å². The summed E-state index contributed by atoms with van der Waals surface area (Å²) in [5, 5.41) is 8.37. The molecule has 4 rings (SSSR count). The number of benzene rings is 1. The minimum absolute atomic E-state index is 0.422. The zero-order valence-electron chi connectivity index (χ0n) is 12.1. The van der Waals surface area contributed by atoms with Gasteiger partial charge in [-0.2, -0.15) is 0 Å². The lowest BCUT2D eigenvalue weighted by Crippen LogP contribution is -2.24. The van der Waals surface area contributed by atoms with E-state index in [4.69, 9.17) is 0 Å². The highest BCUT2D eigenvalue weighted by atomic mass is 32.1. The average Bonchev–Trinajstić information content (AvgIpc) is 3.09. The number of hydrogen-bond acceptors (Lipinski definition) is 3. The number of aromatic nitrogens is 2. The number of para-hydroxylation sites is 1. The van der Waals surface area contributed by atoms with Gasteiger partial charge >= 0.3 is 0 Å². The Morgan fingerprint density at radius 2 is 2.29 bits per heavy atom. The molecule has 1 aliphatic rings. The van der Waals surface area contributed by atoms with E-state index in [0.717, 1.165) is 12.2 Å². The molecule has 2 heterocycles. The molecule has 0 fully saturated rings. The van der Waals surface area contributed by atoms with Crippen molar-refractivity contribution in [3.63, 3.8) is 0 Å². The van der Waals surface area contributed by atoms with Crippen molar-refractivity contribution in [1.82, 2.24) is 15.3 Å². The van der Waals surface area contributed by atoms with Gasteiger partial charge in [0, 0.05) is 40.3 Å². The number of H-pyrrole nitrogens is 1. The molecule has 0 saturated carbocycles. The number of nitrogens with one attached hydrogen (secondary N) is 2. The third-order valence-corrected chi connectivity index (χ3v) is 5.25. The predicted octanol–water partition coefficient (Wildman–Crippen LogP) is 4.10. The number of thiazole rings is 1. The summed E-state index contributed by atoms with van der Waals surface area (Å²) in [5.41, 5.74) is 5.27. The van der Waals surface area contributed by atoms with Crippen LogP contribution in [0.4, 0.5) is 0 Å². The van der Waals surface area contributed by atoms with Crippen molar-refractivity contribution in [2.45, 2.75) is 38.8 Å². The van der Waals surface area contributed by atoms with Crippen LogP contribution in [-0.2, 0) is 13.0 Å². The molecule has 1 unspecified atom stereocenters. The number of hydrogen-bond donors (Lipinski definition) is 2. The monoisotopic (exact) mass is 297 g/mol. The first kappa shape index (κ1) is 13.0. The highest BCUT2D eigenvalue weighted by molar-refractivity contribution is 7.09. The molecule has 1 aliphatic carbocycles. The summed E-state index contributed by atoms with van der Waals surface area (Å²) in [6, 6.07) is 9.06. The first-order valence-corrected chi connectivity index (χ1v) is 8.43. The van der Waals surface area contributed by atoms with Gasteiger partial charge in [-0.25, -0.2) is 4.98 Å². The van der Waals surface area contributed by atoms with Crippen LogP contribution in [0.5, 0.6) is 0 Å². The molecule has 1 aromatic carbocycles. The molecule has 2 aromatic heterocycles. The van der Waals surface area contributed by atoms with E-state index in [0.29, 0.717) is 6.04 Å². The van der Waals surface area contributed by atoms with Crippen LogP contribution in [0, 0.1) is 6.92 Å². The summed E-state index contributed by atoms with van der Waals surface area (Å²) >= 11 is 1.74. The van der Waals surface area contributed by atoms with Gasteiger partial charge in [0.15, 0.2) is 0 Å². The van der Waals surface area contributed by atoms with E-state index in [-0.39, 0.29) is 0 Å². The van der Waals surface area contributed by atoms with Gasteiger partial charge in [-0.05, 0) is 37.8 Å². The third-order valence-electron chi connectivity index (χ3n) is 4.28. The number of nitrogens with zero attached hydrogens (tertiary/aromatic N) is 1. The maximum atomic E-state index is 4.54. The maximum absolute atomic E-state index is 4.54. The van der Waals surface area contributed by atoms with Crippen LogP contribution in [0.25, 0.3) is 10.9 Å². The van der Waals surface area contributed by atoms with Crippen molar-refractivity contribution < 1.29 is 0 Å². The Kier molecular flexibility index (Phi) is 3.28. The predicted molar refractivity (Wildman–Crippen MR) is 87.7 cm³/mol. The molecule has 2 N–H and O–H groups in total. The highest BCUT2D eigenvalue weighted by Gasteiger charge is 2.23. The lowest BCUT2D eigenvalue weighted by atomic mass is 9.92. The molecule has 4 heteroatoms. The summed E-state index contributed by atoms with van der Waals surface area (Å²) in [4.78, 5) is 8.17. The SMILES string of the molecule is Cc1csc(CNC2CCCc3c2[nH]c2ccccc32)n1. The average molecular weight is 297 g/mol. The van der Waals surface area contributed by atoms with Crippen LogP contribution in [0.15, 0.2) is 29.6 Å². The van der Waals surface area contributed by atoms with E-state index in [1.807, 2.05) is 0 Å². The summed E-state index contributed by atoms with van der Waals surface area (Å²) in [5.74, 6) is 0. The first-order valence-electron chi connectivity index (χ1n) is 7.55. The standard InChI is InChI=1S/C17H19N3S/c1-11-10-21-16(19-11)9-18-15-8-4-6-13-12-5-2-3-7-14(12)20-17(13)15/h2-3,5,7,10,15,18,20H,4,6,8-9H2,1H3. The van der Waals surface area contributed by atoms with Crippen LogP contribution in [0.2, 0.25) is 0 Å². The van der Waals surface area contributed by atoms with Crippen molar-refractivity contribution in [3.8, 4) is 0 Å². The first-order chi connectivity index (χ1) is 10.3. The second kappa shape index (κ2) is 5.28. The Hall–Kier alpha value is -1.65. The van der Waals surface area contributed by atoms with Crippen LogP contribution in [-0.4, -0.2) is 9.97 Å². The molecule has 3 aromatic rings. The van der Waals surface area contributed by atoms with E-state index >= 15 is 0 Å². The van der Waals surface area contributed by atoms with Gasteiger partial charge < -0.3 is 10.3 Å². The number of rotatable bonds is 3. The van der Waals surface area contributed by atoms with Crippen molar-refractivity contribution in [2.75, 3.05) is 0 Å². The molecule has 0 bridgehead atoms. The molecule has 0 spiro atoms. The lowest BCUT2D eigenvalue weighted by Gasteiger charge is -2.23. The van der Waals surface area contributed by atoms with Gasteiger partial charge in [0.25, 0.3) is 0 Å². The molecule has 0 radical (unpaired) electrons. The second-order valence-electron chi connectivity index (χ2n) is 5.77. The molecule has 0 aliphatic heterocycles. The zero-order valence-corrected chi connectivity index (χ0v) is 13.0. The zero-order chi connectivity index (χ0) is 14.2. The Morgan fingerprint density at radius 3 is 3.14 bits per heavy atom. The minimum atomic E-state index is 0.422. The summed E-state index contributed by atoms with van der Waals surface area (Å²) in [6.07, 6.45) is 3.64. The Morgan fingerprint density at radius 1 is 1.38 bits per heavy atom. The third kappa shape index (κ3) is 2.39. The minimum Gasteiger partial charge on any atom is -0.357 e. The van der Waals surface area contributed by atoms with Gasteiger partial charge in [-0.1, -0.05) is 18.2 Å². The number of aryl methyl sites for hydroxylation is 2. The molecule has 3 nitrogen and oxygen atoms in total. The molecule has 1 atom stereocenters. The largest absolute Gasteiger partial charge is 0.357 e. The van der Waals surface area contributed by atoms with Gasteiger partial charge in [-0.3, -0.25) is 0 Å². The molecule has 0 amide bonds. The molecular formula is C17H19N3S. The van der Waals surface area contributed by atoms with Gasteiger partial charge in [0.05, 0.1) is 0 Å². The Bertz CT molecular complexity index is 771. The van der Waals surface area contributed by atoms with Crippen LogP contribution in [0.1, 0.15) is 40.8 Å². The van der Waals surface area contributed by atoms with Crippen molar-refractivity contribution in [3.05, 3.63) is 51.6 Å². The molecule has 0 saturated heterocycles. The molecule has 108 valence electrons. The Balaban J connectivity index is 1.61. The van der Waals surface area contributed by atoms with Crippen LogP contribution in [0.3, 0.4) is 0 Å². The number of aromatic amines is 1. The fraction of sp³-hybridized carbons (Fsp3) is 0.353. The van der Waals surface area contributed by atoms with Crippen LogP contribution < -0.4 is 5.32 Å². The smallest absolute Gasteiger partial charge is 0.107 e. The van der Waals surface area contributed by atoms with Crippen molar-refractivity contribution >= 4 is 22.2 Å². The fourth-order valence-corrected chi connectivity index (χ4v) is 4.04. The van der Waals surface area contributed by atoms with Gasteiger partial charge in [0.1, 0.15) is 5.01 Å². The quantitative estimate of drug-likeness (QED) is 0.764. The van der Waals surface area contributed by atoms with E-state index in [9.17, 15) is 0 Å². The van der Waals surface area contributed by atoms with Gasteiger partial charge in [-0.15, -0.1) is 11.3 Å². The highest BCUT2D eigenvalue weighted by Crippen LogP contribution is 2.34. The van der Waals surface area contributed by atoms with E-state index in [1.54, 1.807) is 11.3 Å². The fourth-order valence-electron chi connectivity index (χ4n) is 3.31. The van der Waals surface area contributed by atoms with E-state index in [2.05, 4.69) is 51.9 Å². The van der Waals surface area contributed by atoms with E-state index in [1.165, 1.54) is 46.4 Å². The van der Waals surface area contributed by atoms with Gasteiger partial charge in [0.2, 0.25) is 0 Å². The summed E-state index contributed by atoms with van der Waals surface area (Å²) < 4.78 is 0. The lowest BCUT2D eigenvalue weighted by molar-refractivity contribution is 0.452. The molecular weight excluding hydrogens is 278 g/mol. The van der Waals surface area contributed by atoms with Crippen molar-refractivity contribution in [2.24, 2.45) is 0 Å². The van der Waals surface area contributed by atoms with Crippen LogP contribution >= 0.6 is 11.3 Å². The maximum Gasteiger partial charge on any atom is 0.107 e.